The van der Waals surface area contributed by atoms with Crippen LogP contribution in [0.4, 0.5) is 11.8 Å². The zero-order valence-electron chi connectivity index (χ0n) is 12.9. The molecule has 2 N–H and O–H groups in total. The third-order valence-corrected chi connectivity index (χ3v) is 4.02. The van der Waals surface area contributed by atoms with Gasteiger partial charge in [-0.1, -0.05) is 0 Å². The number of aromatic nitrogens is 4. The third-order valence-electron chi connectivity index (χ3n) is 4.02. The molecule has 0 unspecified atom stereocenters. The SMILES string of the molecule is COCCn1ccnc1[C@@H]1CCCN(c2nccc(N)n2)C1. The second kappa shape index (κ2) is 6.74. The van der Waals surface area contributed by atoms with Gasteiger partial charge in [-0.3, -0.25) is 0 Å². The molecule has 1 saturated heterocycles. The van der Waals surface area contributed by atoms with Crippen molar-refractivity contribution >= 4 is 11.8 Å². The number of ether oxygens (including phenoxy) is 1. The third kappa shape index (κ3) is 3.19. The van der Waals surface area contributed by atoms with Crippen molar-refractivity contribution < 1.29 is 4.74 Å². The van der Waals surface area contributed by atoms with Gasteiger partial charge >= 0.3 is 0 Å². The quantitative estimate of drug-likeness (QED) is 0.896. The van der Waals surface area contributed by atoms with Crippen LogP contribution in [0.15, 0.2) is 24.7 Å². The van der Waals surface area contributed by atoms with Crippen molar-refractivity contribution in [2.45, 2.75) is 25.3 Å². The maximum Gasteiger partial charge on any atom is 0.227 e. The van der Waals surface area contributed by atoms with Crippen molar-refractivity contribution in [2.75, 3.05) is 37.4 Å². The van der Waals surface area contributed by atoms with Gasteiger partial charge in [-0.25, -0.2) is 9.97 Å². The van der Waals surface area contributed by atoms with E-state index in [4.69, 9.17) is 10.5 Å². The molecule has 22 heavy (non-hydrogen) atoms. The molecule has 1 aliphatic heterocycles. The van der Waals surface area contributed by atoms with E-state index in [1.165, 1.54) is 0 Å². The number of nitrogens with zero attached hydrogens (tertiary/aromatic N) is 5. The summed E-state index contributed by atoms with van der Waals surface area (Å²) in [5, 5.41) is 0. The van der Waals surface area contributed by atoms with Gasteiger partial charge in [-0.05, 0) is 18.9 Å². The minimum Gasteiger partial charge on any atom is -0.384 e. The predicted molar refractivity (Wildman–Crippen MR) is 84.7 cm³/mol. The van der Waals surface area contributed by atoms with Crippen LogP contribution in [0.5, 0.6) is 0 Å². The molecule has 0 bridgehead atoms. The first-order valence-electron chi connectivity index (χ1n) is 7.61. The fourth-order valence-corrected chi connectivity index (χ4v) is 2.94. The number of rotatable bonds is 5. The fourth-order valence-electron chi connectivity index (χ4n) is 2.94. The van der Waals surface area contributed by atoms with E-state index in [0.29, 0.717) is 24.3 Å². The summed E-state index contributed by atoms with van der Waals surface area (Å²) < 4.78 is 7.35. The molecule has 3 rings (SSSR count). The first-order chi connectivity index (χ1) is 10.8. The molecule has 0 aliphatic carbocycles. The molecule has 7 nitrogen and oxygen atoms in total. The summed E-state index contributed by atoms with van der Waals surface area (Å²) in [6.07, 6.45) is 7.81. The van der Waals surface area contributed by atoms with Crippen LogP contribution in [0.1, 0.15) is 24.6 Å². The van der Waals surface area contributed by atoms with Crippen molar-refractivity contribution in [1.29, 1.82) is 0 Å². The number of piperidine rings is 1. The van der Waals surface area contributed by atoms with E-state index < -0.39 is 0 Å². The van der Waals surface area contributed by atoms with Crippen LogP contribution in [-0.2, 0) is 11.3 Å². The van der Waals surface area contributed by atoms with Gasteiger partial charge in [0.2, 0.25) is 5.95 Å². The Bertz CT molecular complexity index is 614. The maximum absolute atomic E-state index is 5.77. The monoisotopic (exact) mass is 302 g/mol. The Labute approximate surface area is 130 Å². The Balaban J connectivity index is 1.74. The van der Waals surface area contributed by atoms with Crippen LogP contribution in [0, 0.1) is 0 Å². The fraction of sp³-hybridized carbons (Fsp3) is 0.533. The van der Waals surface area contributed by atoms with Gasteiger partial charge in [0.25, 0.3) is 0 Å². The Morgan fingerprint density at radius 1 is 1.36 bits per heavy atom. The highest BCUT2D eigenvalue weighted by molar-refractivity contribution is 5.38. The highest BCUT2D eigenvalue weighted by Gasteiger charge is 2.26. The number of anilines is 2. The van der Waals surface area contributed by atoms with Crippen LogP contribution >= 0.6 is 0 Å². The van der Waals surface area contributed by atoms with Crippen molar-refractivity contribution in [2.24, 2.45) is 0 Å². The summed E-state index contributed by atoms with van der Waals surface area (Å²) in [6, 6.07) is 1.71. The summed E-state index contributed by atoms with van der Waals surface area (Å²) in [7, 11) is 1.72. The summed E-state index contributed by atoms with van der Waals surface area (Å²) in [4.78, 5) is 15.4. The van der Waals surface area contributed by atoms with E-state index in [-0.39, 0.29) is 0 Å². The lowest BCUT2D eigenvalue weighted by Gasteiger charge is -2.32. The molecular formula is C15H22N6O. The zero-order valence-corrected chi connectivity index (χ0v) is 12.9. The Morgan fingerprint density at radius 2 is 2.27 bits per heavy atom. The van der Waals surface area contributed by atoms with Crippen molar-refractivity contribution in [3.05, 3.63) is 30.5 Å². The van der Waals surface area contributed by atoms with Gasteiger partial charge < -0.3 is 19.9 Å². The Kier molecular flexibility index (Phi) is 4.53. The number of hydrogen-bond acceptors (Lipinski definition) is 6. The molecule has 7 heteroatoms. The molecule has 1 atom stereocenters. The lowest BCUT2D eigenvalue weighted by atomic mass is 9.97. The standard InChI is InChI=1S/C15H22N6O/c1-22-10-9-20-8-6-17-14(20)12-3-2-7-21(11-12)15-18-5-4-13(16)19-15/h4-6,8,12H,2-3,7,9-11H2,1H3,(H2,16,18,19)/t12-/m1/s1. The molecule has 2 aromatic heterocycles. The molecule has 1 aliphatic rings. The molecule has 0 saturated carbocycles. The molecule has 1 fully saturated rings. The first kappa shape index (κ1) is 14.8. The van der Waals surface area contributed by atoms with E-state index in [1.54, 1.807) is 19.4 Å². The predicted octanol–water partition coefficient (Wildman–Crippen LogP) is 1.29. The molecule has 118 valence electrons. The second-order valence-corrected chi connectivity index (χ2v) is 5.54. The average Bonchev–Trinajstić information content (AvgIpc) is 3.01. The maximum atomic E-state index is 5.77. The van der Waals surface area contributed by atoms with Crippen LogP contribution in [0.25, 0.3) is 0 Å². The van der Waals surface area contributed by atoms with Gasteiger partial charge in [0.15, 0.2) is 0 Å². The van der Waals surface area contributed by atoms with Crippen LogP contribution in [0.2, 0.25) is 0 Å². The lowest BCUT2D eigenvalue weighted by Crippen LogP contribution is -2.36. The summed E-state index contributed by atoms with van der Waals surface area (Å²) in [5.41, 5.74) is 5.77. The molecule has 0 radical (unpaired) electrons. The van der Waals surface area contributed by atoms with Crippen LogP contribution in [0.3, 0.4) is 0 Å². The van der Waals surface area contributed by atoms with Gasteiger partial charge in [-0.2, -0.15) is 4.98 Å². The van der Waals surface area contributed by atoms with E-state index in [1.807, 2.05) is 12.4 Å². The van der Waals surface area contributed by atoms with Crippen molar-refractivity contribution in [3.8, 4) is 0 Å². The lowest BCUT2D eigenvalue weighted by molar-refractivity contribution is 0.185. The highest BCUT2D eigenvalue weighted by atomic mass is 16.5. The molecular weight excluding hydrogens is 280 g/mol. The number of nitrogen functional groups attached to an aromatic ring is 1. The van der Waals surface area contributed by atoms with Crippen LogP contribution < -0.4 is 10.6 Å². The van der Waals surface area contributed by atoms with E-state index in [0.717, 1.165) is 38.3 Å². The Hall–Kier alpha value is -2.15. The first-order valence-corrected chi connectivity index (χ1v) is 7.61. The van der Waals surface area contributed by atoms with Crippen molar-refractivity contribution in [1.82, 2.24) is 19.5 Å². The van der Waals surface area contributed by atoms with Gasteiger partial charge in [-0.15, -0.1) is 0 Å². The topological polar surface area (TPSA) is 82.1 Å². The minimum atomic E-state index is 0.380. The number of imidazole rings is 1. The van der Waals surface area contributed by atoms with Gasteiger partial charge in [0, 0.05) is 51.3 Å². The molecule has 0 amide bonds. The average molecular weight is 302 g/mol. The molecule has 0 spiro atoms. The van der Waals surface area contributed by atoms with E-state index >= 15 is 0 Å². The van der Waals surface area contributed by atoms with Gasteiger partial charge in [0.05, 0.1) is 6.61 Å². The number of methoxy groups -OCH3 is 1. The summed E-state index contributed by atoms with van der Waals surface area (Å²) >= 11 is 0. The van der Waals surface area contributed by atoms with E-state index in [2.05, 4.69) is 24.4 Å². The number of nitrogens with two attached hydrogens (primary N) is 1. The summed E-state index contributed by atoms with van der Waals surface area (Å²) in [5.74, 6) is 2.71. The second-order valence-electron chi connectivity index (χ2n) is 5.54. The number of hydrogen-bond donors (Lipinski definition) is 1. The zero-order chi connectivity index (χ0) is 15.4. The molecule has 0 aromatic carbocycles. The van der Waals surface area contributed by atoms with Gasteiger partial charge in [0.1, 0.15) is 11.6 Å². The smallest absolute Gasteiger partial charge is 0.227 e. The highest BCUT2D eigenvalue weighted by Crippen LogP contribution is 2.27. The van der Waals surface area contributed by atoms with E-state index in [9.17, 15) is 0 Å². The largest absolute Gasteiger partial charge is 0.384 e. The minimum absolute atomic E-state index is 0.380. The van der Waals surface area contributed by atoms with Crippen LogP contribution in [-0.4, -0.2) is 46.3 Å². The molecule has 2 aromatic rings. The Morgan fingerprint density at radius 3 is 3.09 bits per heavy atom. The normalized spacial score (nSPS) is 18.6. The van der Waals surface area contributed by atoms with Crippen molar-refractivity contribution in [3.63, 3.8) is 0 Å². The summed E-state index contributed by atoms with van der Waals surface area (Å²) in [6.45, 7) is 3.35. The molecule has 3 heterocycles.